The van der Waals surface area contributed by atoms with E-state index in [9.17, 15) is 4.79 Å². The number of amides is 1. The van der Waals surface area contributed by atoms with Crippen LogP contribution in [-0.2, 0) is 4.79 Å². The van der Waals surface area contributed by atoms with Gasteiger partial charge in [0.25, 0.3) is 0 Å². The molecule has 0 saturated carbocycles. The van der Waals surface area contributed by atoms with Crippen molar-refractivity contribution in [2.45, 2.75) is 39.3 Å². The van der Waals surface area contributed by atoms with Gasteiger partial charge in [0.2, 0.25) is 5.91 Å². The monoisotopic (exact) mass is 300 g/mol. The molecule has 0 aliphatic carbocycles. The van der Waals surface area contributed by atoms with E-state index in [2.05, 4.69) is 16.5 Å². The first kappa shape index (κ1) is 17.0. The van der Waals surface area contributed by atoms with Gasteiger partial charge in [0.1, 0.15) is 0 Å². The number of imidazole rings is 1. The molecule has 2 unspecified atom stereocenters. The molecule has 114 valence electrons. The molecule has 3 atom stereocenters. The van der Waals surface area contributed by atoms with E-state index in [4.69, 9.17) is 5.73 Å². The van der Waals surface area contributed by atoms with E-state index in [1.165, 1.54) is 0 Å². The second-order valence-electron chi connectivity index (χ2n) is 5.90. The Morgan fingerprint density at radius 2 is 2.15 bits per heavy atom. The lowest BCUT2D eigenvalue weighted by molar-refractivity contribution is -0.135. The predicted octanol–water partition coefficient (Wildman–Crippen LogP) is 1.70. The first-order valence-electron chi connectivity index (χ1n) is 7.02. The van der Waals surface area contributed by atoms with Gasteiger partial charge in [0, 0.05) is 25.5 Å². The fourth-order valence-electron chi connectivity index (χ4n) is 2.60. The van der Waals surface area contributed by atoms with Crippen LogP contribution in [-0.4, -0.2) is 39.5 Å². The Balaban J connectivity index is 0.00000200. The van der Waals surface area contributed by atoms with Gasteiger partial charge in [-0.1, -0.05) is 20.8 Å². The lowest BCUT2D eigenvalue weighted by Crippen LogP contribution is -2.51. The van der Waals surface area contributed by atoms with E-state index in [-0.39, 0.29) is 24.2 Å². The molecule has 1 aromatic heterocycles. The van der Waals surface area contributed by atoms with E-state index in [0.717, 1.165) is 19.5 Å². The average molecular weight is 301 g/mol. The van der Waals surface area contributed by atoms with Gasteiger partial charge in [-0.3, -0.25) is 4.79 Å². The SMILES string of the molecule is CC1CCN(C(=O)[C@@H](N)C(C)C)CC1n1ccnc1.Cl. The molecule has 1 aromatic rings. The summed E-state index contributed by atoms with van der Waals surface area (Å²) >= 11 is 0. The molecule has 0 bridgehead atoms. The van der Waals surface area contributed by atoms with Crippen molar-refractivity contribution in [2.24, 2.45) is 17.6 Å². The molecule has 1 aliphatic rings. The summed E-state index contributed by atoms with van der Waals surface area (Å²) in [6.45, 7) is 7.75. The minimum absolute atomic E-state index is 0. The normalized spacial score (nSPS) is 24.4. The molecule has 1 amide bonds. The highest BCUT2D eigenvalue weighted by Gasteiger charge is 2.32. The van der Waals surface area contributed by atoms with Crippen molar-refractivity contribution in [3.8, 4) is 0 Å². The molecule has 5 nitrogen and oxygen atoms in total. The Morgan fingerprint density at radius 1 is 1.45 bits per heavy atom. The van der Waals surface area contributed by atoms with Crippen LogP contribution in [0, 0.1) is 11.8 Å². The van der Waals surface area contributed by atoms with Crippen molar-refractivity contribution in [1.82, 2.24) is 14.5 Å². The van der Waals surface area contributed by atoms with E-state index >= 15 is 0 Å². The van der Waals surface area contributed by atoms with E-state index in [1.807, 2.05) is 31.3 Å². The molecule has 1 saturated heterocycles. The van der Waals surface area contributed by atoms with Gasteiger partial charge in [-0.2, -0.15) is 0 Å². The van der Waals surface area contributed by atoms with Crippen molar-refractivity contribution in [1.29, 1.82) is 0 Å². The van der Waals surface area contributed by atoms with Crippen molar-refractivity contribution in [2.75, 3.05) is 13.1 Å². The Kier molecular flexibility index (Phi) is 6.02. The maximum atomic E-state index is 12.3. The van der Waals surface area contributed by atoms with Crippen LogP contribution in [0.2, 0.25) is 0 Å². The summed E-state index contributed by atoms with van der Waals surface area (Å²) in [5.74, 6) is 0.805. The number of carbonyl (C=O) groups is 1. The third-order valence-corrected chi connectivity index (χ3v) is 4.14. The molecule has 2 rings (SSSR count). The summed E-state index contributed by atoms with van der Waals surface area (Å²) < 4.78 is 2.10. The largest absolute Gasteiger partial charge is 0.339 e. The number of aromatic nitrogens is 2. The van der Waals surface area contributed by atoms with Gasteiger partial charge in [0.05, 0.1) is 18.4 Å². The Morgan fingerprint density at radius 3 is 2.70 bits per heavy atom. The number of nitrogens with zero attached hydrogens (tertiary/aromatic N) is 3. The van der Waals surface area contributed by atoms with Crippen LogP contribution in [0.1, 0.15) is 33.2 Å². The van der Waals surface area contributed by atoms with E-state index < -0.39 is 6.04 Å². The first-order valence-corrected chi connectivity index (χ1v) is 7.02. The molecule has 1 fully saturated rings. The van der Waals surface area contributed by atoms with Crippen molar-refractivity contribution >= 4 is 18.3 Å². The minimum atomic E-state index is -0.392. The van der Waals surface area contributed by atoms with Crippen molar-refractivity contribution < 1.29 is 4.79 Å². The van der Waals surface area contributed by atoms with Crippen LogP contribution in [0.5, 0.6) is 0 Å². The molecule has 0 spiro atoms. The summed E-state index contributed by atoms with van der Waals surface area (Å²) in [7, 11) is 0. The maximum Gasteiger partial charge on any atom is 0.239 e. The molecule has 6 heteroatoms. The number of hydrogen-bond donors (Lipinski definition) is 1. The number of piperidine rings is 1. The Bertz CT molecular complexity index is 421. The zero-order valence-corrected chi connectivity index (χ0v) is 13.2. The lowest BCUT2D eigenvalue weighted by Gasteiger charge is -2.39. The molecule has 0 radical (unpaired) electrons. The lowest BCUT2D eigenvalue weighted by atomic mass is 9.92. The van der Waals surface area contributed by atoms with Gasteiger partial charge >= 0.3 is 0 Å². The number of hydrogen-bond acceptors (Lipinski definition) is 3. The number of carbonyl (C=O) groups excluding carboxylic acids is 1. The summed E-state index contributed by atoms with van der Waals surface area (Å²) in [5, 5.41) is 0. The van der Waals surface area contributed by atoms with E-state index in [1.54, 1.807) is 6.20 Å². The van der Waals surface area contributed by atoms with Crippen LogP contribution in [0.15, 0.2) is 18.7 Å². The molecule has 0 aromatic carbocycles. The summed E-state index contributed by atoms with van der Waals surface area (Å²) in [6.07, 6.45) is 6.60. The highest BCUT2D eigenvalue weighted by molar-refractivity contribution is 5.85. The molecule has 1 aliphatic heterocycles. The van der Waals surface area contributed by atoms with Crippen LogP contribution in [0.3, 0.4) is 0 Å². The van der Waals surface area contributed by atoms with E-state index in [0.29, 0.717) is 12.0 Å². The Hall–Kier alpha value is -1.07. The van der Waals surface area contributed by atoms with Gasteiger partial charge in [-0.05, 0) is 18.3 Å². The highest BCUT2D eigenvalue weighted by atomic mass is 35.5. The summed E-state index contributed by atoms with van der Waals surface area (Å²) in [5.41, 5.74) is 5.98. The zero-order valence-electron chi connectivity index (χ0n) is 12.4. The molecular weight excluding hydrogens is 276 g/mol. The molecule has 2 heterocycles. The van der Waals surface area contributed by atoms with Crippen LogP contribution in [0.4, 0.5) is 0 Å². The van der Waals surface area contributed by atoms with Gasteiger partial charge < -0.3 is 15.2 Å². The third kappa shape index (κ3) is 3.52. The quantitative estimate of drug-likeness (QED) is 0.924. The summed E-state index contributed by atoms with van der Waals surface area (Å²) in [6, 6.07) is -0.0867. The number of nitrogens with two attached hydrogens (primary N) is 1. The van der Waals surface area contributed by atoms with Crippen LogP contribution < -0.4 is 5.73 Å². The summed E-state index contributed by atoms with van der Waals surface area (Å²) in [4.78, 5) is 18.3. The smallest absolute Gasteiger partial charge is 0.239 e. The number of rotatable bonds is 3. The van der Waals surface area contributed by atoms with Gasteiger partial charge in [0.15, 0.2) is 0 Å². The van der Waals surface area contributed by atoms with Crippen molar-refractivity contribution in [3.05, 3.63) is 18.7 Å². The second kappa shape index (κ2) is 7.09. The first-order chi connectivity index (χ1) is 9.00. The zero-order chi connectivity index (χ0) is 14.0. The fourth-order valence-corrected chi connectivity index (χ4v) is 2.60. The topological polar surface area (TPSA) is 64.2 Å². The van der Waals surface area contributed by atoms with Gasteiger partial charge in [-0.25, -0.2) is 4.98 Å². The van der Waals surface area contributed by atoms with Crippen LogP contribution >= 0.6 is 12.4 Å². The maximum absolute atomic E-state index is 12.3. The second-order valence-corrected chi connectivity index (χ2v) is 5.90. The number of halogens is 1. The molecule has 20 heavy (non-hydrogen) atoms. The van der Waals surface area contributed by atoms with Crippen molar-refractivity contribution in [3.63, 3.8) is 0 Å². The third-order valence-electron chi connectivity index (χ3n) is 4.14. The van der Waals surface area contributed by atoms with Gasteiger partial charge in [-0.15, -0.1) is 12.4 Å². The molecule has 2 N–H and O–H groups in total. The highest BCUT2D eigenvalue weighted by Crippen LogP contribution is 2.27. The Labute approximate surface area is 126 Å². The minimum Gasteiger partial charge on any atom is -0.339 e. The fraction of sp³-hybridized carbons (Fsp3) is 0.714. The standard InChI is InChI=1S/C14H24N4O.ClH/c1-10(2)13(15)14(19)17-6-4-11(3)12(8-17)18-7-5-16-9-18;/h5,7,9-13H,4,6,8,15H2,1-3H3;1H/t11?,12?,13-;/m0./s1. The number of likely N-dealkylation sites (tertiary alicyclic amines) is 1. The predicted molar refractivity (Wildman–Crippen MR) is 81.7 cm³/mol. The van der Waals surface area contributed by atoms with Crippen LogP contribution in [0.25, 0.3) is 0 Å². The average Bonchev–Trinajstić information content (AvgIpc) is 2.91. The molecular formula is C14H25ClN4O.